The van der Waals surface area contributed by atoms with E-state index in [9.17, 15) is 14.7 Å². The lowest BCUT2D eigenvalue weighted by Gasteiger charge is -2.33. The van der Waals surface area contributed by atoms with E-state index in [0.29, 0.717) is 6.54 Å². The average Bonchev–Trinajstić information content (AvgIpc) is 2.85. The van der Waals surface area contributed by atoms with E-state index in [0.717, 1.165) is 45.6 Å². The molecule has 1 N–H and O–H groups in total. The zero-order valence-corrected chi connectivity index (χ0v) is 21.7. The van der Waals surface area contributed by atoms with Crippen molar-refractivity contribution in [1.82, 2.24) is 4.90 Å². The first-order valence-corrected chi connectivity index (χ1v) is 12.0. The quantitative estimate of drug-likeness (QED) is 0.362. The summed E-state index contributed by atoms with van der Waals surface area (Å²) >= 11 is 0. The molecular weight excluding hydrogens is 450 g/mol. The molecule has 0 heterocycles. The van der Waals surface area contributed by atoms with Crippen molar-refractivity contribution in [3.63, 3.8) is 0 Å². The van der Waals surface area contributed by atoms with Crippen LogP contribution in [0.4, 0.5) is 11.4 Å². The molecule has 0 aromatic heterocycles. The summed E-state index contributed by atoms with van der Waals surface area (Å²) in [4.78, 5) is 29.9. The number of amides is 1. The van der Waals surface area contributed by atoms with Crippen molar-refractivity contribution in [3.8, 4) is 0 Å². The monoisotopic (exact) mass is 485 g/mol. The number of carboxylic acid groups (broad SMARTS) is 1. The number of hydrogen-bond acceptors (Lipinski definition) is 4. The molecule has 6 heteroatoms. The van der Waals surface area contributed by atoms with Crippen LogP contribution in [0.1, 0.15) is 34.7 Å². The summed E-state index contributed by atoms with van der Waals surface area (Å²) in [5.74, 6) is -0.881. The Balaban J connectivity index is 2.04. The van der Waals surface area contributed by atoms with Gasteiger partial charge in [0.15, 0.2) is 0 Å². The molecule has 0 aliphatic carbocycles. The topological polar surface area (TPSA) is 64.1 Å². The van der Waals surface area contributed by atoms with Gasteiger partial charge in [0, 0.05) is 27.3 Å². The van der Waals surface area contributed by atoms with E-state index in [-0.39, 0.29) is 6.42 Å². The molecule has 3 aromatic rings. The predicted octanol–water partition coefficient (Wildman–Crippen LogP) is 5.52. The van der Waals surface area contributed by atoms with Gasteiger partial charge in [-0.05, 0) is 48.2 Å². The number of benzene rings is 3. The molecule has 0 saturated carbocycles. The molecule has 3 rings (SSSR count). The molecule has 36 heavy (non-hydrogen) atoms. The number of carbonyl (C=O) groups excluding carboxylic acids is 1. The number of anilines is 2. The number of nitrogens with zero attached hydrogens (tertiary/aromatic N) is 3. The number of aliphatic carboxylic acids is 1. The lowest BCUT2D eigenvalue weighted by molar-refractivity contribution is -0.137. The normalized spacial score (nSPS) is 12.1. The summed E-state index contributed by atoms with van der Waals surface area (Å²) < 4.78 is 0. The Labute approximate surface area is 214 Å². The lowest BCUT2D eigenvalue weighted by Crippen LogP contribution is -2.30. The highest BCUT2D eigenvalue weighted by atomic mass is 16.4. The van der Waals surface area contributed by atoms with Crippen LogP contribution in [0, 0.1) is 13.8 Å². The summed E-state index contributed by atoms with van der Waals surface area (Å²) in [7, 11) is 5.81. The highest BCUT2D eigenvalue weighted by molar-refractivity contribution is 5.88. The van der Waals surface area contributed by atoms with Gasteiger partial charge in [-0.2, -0.15) is 0 Å². The minimum atomic E-state index is -0.881. The third-order valence-corrected chi connectivity index (χ3v) is 6.21. The van der Waals surface area contributed by atoms with Crippen molar-refractivity contribution in [3.05, 3.63) is 101 Å². The standard InChI is InChI=1S/C30H35N3O3/c1-22-11-10-13-24(17-22)29(18-30(35)36)32(5)27-15-8-9-16-28(27)33(21-34)20-25(19-31(3)4)26-14-7-6-12-23(26)2/h6-17,19,21,29H,18,20H2,1-5H3,(H,35,36)/b25-19-. The van der Waals surface area contributed by atoms with Crippen molar-refractivity contribution in [2.75, 3.05) is 37.5 Å². The smallest absolute Gasteiger partial charge is 0.305 e. The van der Waals surface area contributed by atoms with Crippen molar-refractivity contribution >= 4 is 29.3 Å². The molecule has 0 fully saturated rings. The van der Waals surface area contributed by atoms with Gasteiger partial charge in [0.05, 0.1) is 30.4 Å². The van der Waals surface area contributed by atoms with Crippen LogP contribution in [0.5, 0.6) is 0 Å². The largest absolute Gasteiger partial charge is 0.481 e. The predicted molar refractivity (Wildman–Crippen MR) is 147 cm³/mol. The third-order valence-electron chi connectivity index (χ3n) is 6.21. The van der Waals surface area contributed by atoms with E-state index in [1.165, 1.54) is 0 Å². The van der Waals surface area contributed by atoms with Gasteiger partial charge in [-0.1, -0.05) is 66.2 Å². The fourth-order valence-corrected chi connectivity index (χ4v) is 4.50. The Bertz CT molecular complexity index is 1240. The van der Waals surface area contributed by atoms with Crippen LogP contribution in [0.25, 0.3) is 5.57 Å². The van der Waals surface area contributed by atoms with Crippen LogP contribution in [0.15, 0.2) is 79.0 Å². The van der Waals surface area contributed by atoms with Gasteiger partial charge in [0.25, 0.3) is 0 Å². The summed E-state index contributed by atoms with van der Waals surface area (Å²) in [6.07, 6.45) is 2.81. The van der Waals surface area contributed by atoms with Gasteiger partial charge < -0.3 is 19.8 Å². The number of rotatable bonds is 11. The molecule has 1 atom stereocenters. The van der Waals surface area contributed by atoms with Crippen molar-refractivity contribution in [2.45, 2.75) is 26.3 Å². The molecule has 6 nitrogen and oxygen atoms in total. The van der Waals surface area contributed by atoms with Crippen LogP contribution < -0.4 is 9.80 Å². The van der Waals surface area contributed by atoms with Gasteiger partial charge >= 0.3 is 5.97 Å². The van der Waals surface area contributed by atoms with Gasteiger partial charge in [0.2, 0.25) is 6.41 Å². The molecule has 0 saturated heterocycles. The molecular formula is C30H35N3O3. The Morgan fingerprint density at radius 1 is 0.917 bits per heavy atom. The van der Waals surface area contributed by atoms with Crippen LogP contribution in [0.2, 0.25) is 0 Å². The number of aryl methyl sites for hydroxylation is 2. The fourth-order valence-electron chi connectivity index (χ4n) is 4.50. The van der Waals surface area contributed by atoms with Crippen LogP contribution in [-0.2, 0) is 9.59 Å². The first kappa shape index (κ1) is 26.5. The number of carbonyl (C=O) groups is 2. The third kappa shape index (κ3) is 6.54. The van der Waals surface area contributed by atoms with E-state index >= 15 is 0 Å². The highest BCUT2D eigenvalue weighted by Gasteiger charge is 2.24. The summed E-state index contributed by atoms with van der Waals surface area (Å²) in [5, 5.41) is 9.68. The average molecular weight is 486 g/mol. The molecule has 0 aliphatic rings. The highest BCUT2D eigenvalue weighted by Crippen LogP contribution is 2.36. The summed E-state index contributed by atoms with van der Waals surface area (Å²) in [5.41, 5.74) is 6.69. The summed E-state index contributed by atoms with van der Waals surface area (Å²) in [6, 6.07) is 23.3. The fraction of sp³-hybridized carbons (Fsp3) is 0.267. The minimum Gasteiger partial charge on any atom is -0.481 e. The SMILES string of the molecule is Cc1cccc(C(CC(=O)O)N(C)c2ccccc2N(C=O)C/C(=C/N(C)C)c2ccccc2C)c1. The minimum absolute atomic E-state index is 0.0651. The van der Waals surface area contributed by atoms with E-state index in [1.807, 2.05) is 105 Å². The second kappa shape index (κ2) is 12.1. The van der Waals surface area contributed by atoms with Gasteiger partial charge in [0.1, 0.15) is 0 Å². The maximum absolute atomic E-state index is 12.5. The summed E-state index contributed by atoms with van der Waals surface area (Å²) in [6.45, 7) is 4.42. The van der Waals surface area contributed by atoms with Crippen molar-refractivity contribution in [1.29, 1.82) is 0 Å². The number of para-hydroxylation sites is 2. The van der Waals surface area contributed by atoms with Crippen LogP contribution in [0.3, 0.4) is 0 Å². The van der Waals surface area contributed by atoms with E-state index in [2.05, 4.69) is 19.1 Å². The van der Waals surface area contributed by atoms with Crippen molar-refractivity contribution < 1.29 is 14.7 Å². The Morgan fingerprint density at radius 2 is 1.58 bits per heavy atom. The molecule has 188 valence electrons. The van der Waals surface area contributed by atoms with E-state index < -0.39 is 12.0 Å². The Morgan fingerprint density at radius 3 is 2.19 bits per heavy atom. The van der Waals surface area contributed by atoms with Gasteiger partial charge in [-0.25, -0.2) is 0 Å². The first-order valence-electron chi connectivity index (χ1n) is 12.0. The zero-order valence-electron chi connectivity index (χ0n) is 21.7. The molecule has 0 bridgehead atoms. The first-order chi connectivity index (χ1) is 17.2. The van der Waals surface area contributed by atoms with Gasteiger partial charge in [-0.15, -0.1) is 0 Å². The molecule has 0 aliphatic heterocycles. The van der Waals surface area contributed by atoms with Crippen LogP contribution >= 0.6 is 0 Å². The molecule has 1 amide bonds. The zero-order chi connectivity index (χ0) is 26.2. The van der Waals surface area contributed by atoms with Crippen LogP contribution in [-0.4, -0.2) is 50.1 Å². The second-order valence-corrected chi connectivity index (χ2v) is 9.29. The maximum Gasteiger partial charge on any atom is 0.305 e. The lowest BCUT2D eigenvalue weighted by atomic mass is 9.99. The van der Waals surface area contributed by atoms with Gasteiger partial charge in [-0.3, -0.25) is 9.59 Å². The Hall–Kier alpha value is -4.06. The van der Waals surface area contributed by atoms with Crippen molar-refractivity contribution in [2.24, 2.45) is 0 Å². The molecule has 0 radical (unpaired) electrons. The maximum atomic E-state index is 12.5. The number of carboxylic acids is 1. The Kier molecular flexibility index (Phi) is 8.90. The van der Waals surface area contributed by atoms with E-state index in [1.54, 1.807) is 4.90 Å². The molecule has 3 aromatic carbocycles. The molecule has 0 spiro atoms. The molecule has 1 unspecified atom stereocenters. The second-order valence-electron chi connectivity index (χ2n) is 9.29. The number of hydrogen-bond donors (Lipinski definition) is 1. The van der Waals surface area contributed by atoms with E-state index in [4.69, 9.17) is 0 Å².